The van der Waals surface area contributed by atoms with E-state index in [0.29, 0.717) is 11.5 Å². The Hall–Kier alpha value is -1.46. The van der Waals surface area contributed by atoms with Gasteiger partial charge in [0, 0.05) is 6.54 Å². The zero-order chi connectivity index (χ0) is 14.5. The van der Waals surface area contributed by atoms with Crippen LogP contribution in [-0.4, -0.2) is 33.6 Å². The van der Waals surface area contributed by atoms with Crippen molar-refractivity contribution in [3.05, 3.63) is 35.4 Å². The molecule has 108 valence electrons. The summed E-state index contributed by atoms with van der Waals surface area (Å²) in [7, 11) is 0. The Morgan fingerprint density at radius 3 is 2.70 bits per heavy atom. The summed E-state index contributed by atoms with van der Waals surface area (Å²) < 4.78 is 0. The molecule has 3 N–H and O–H groups in total. The van der Waals surface area contributed by atoms with Gasteiger partial charge in [0.1, 0.15) is 0 Å². The number of aliphatic carboxylic acids is 1. The molecular weight excluding hydrogens is 272 g/mol. The zero-order valence-electron chi connectivity index (χ0n) is 11.4. The van der Waals surface area contributed by atoms with Crippen molar-refractivity contribution in [1.29, 1.82) is 0 Å². The molecule has 0 radical (unpaired) electrons. The molecule has 1 aromatic rings. The fourth-order valence-corrected chi connectivity index (χ4v) is 3.04. The molecule has 1 aromatic carbocycles. The SMILES string of the molecule is NC(=S)C1CCCCN1Cc1ccccc1CC(=O)O. The molecule has 1 unspecified atom stereocenters. The van der Waals surface area contributed by atoms with Gasteiger partial charge in [-0.05, 0) is 30.5 Å². The van der Waals surface area contributed by atoms with E-state index < -0.39 is 5.97 Å². The van der Waals surface area contributed by atoms with Crippen LogP contribution in [0, 0.1) is 0 Å². The van der Waals surface area contributed by atoms with Crippen LogP contribution in [0.3, 0.4) is 0 Å². The molecule has 0 spiro atoms. The Balaban J connectivity index is 2.15. The van der Waals surface area contributed by atoms with Crippen molar-refractivity contribution < 1.29 is 9.90 Å². The second-order valence-electron chi connectivity index (χ2n) is 5.22. The molecule has 1 heterocycles. The molecule has 4 nitrogen and oxygen atoms in total. The summed E-state index contributed by atoms with van der Waals surface area (Å²) in [6.07, 6.45) is 3.34. The van der Waals surface area contributed by atoms with Crippen LogP contribution in [0.1, 0.15) is 30.4 Å². The maximum atomic E-state index is 10.9. The van der Waals surface area contributed by atoms with E-state index in [1.165, 1.54) is 0 Å². The average Bonchev–Trinajstić information content (AvgIpc) is 2.41. The quantitative estimate of drug-likeness (QED) is 0.812. The molecule has 1 atom stereocenters. The molecule has 1 saturated heterocycles. The highest BCUT2D eigenvalue weighted by molar-refractivity contribution is 7.80. The predicted octanol–water partition coefficient (Wildman–Crippen LogP) is 1.95. The van der Waals surface area contributed by atoms with Crippen molar-refractivity contribution in [3.63, 3.8) is 0 Å². The average molecular weight is 292 g/mol. The second kappa shape index (κ2) is 6.81. The van der Waals surface area contributed by atoms with Gasteiger partial charge in [-0.3, -0.25) is 9.69 Å². The lowest BCUT2D eigenvalue weighted by Crippen LogP contribution is -2.46. The maximum Gasteiger partial charge on any atom is 0.307 e. The van der Waals surface area contributed by atoms with Gasteiger partial charge in [0.05, 0.1) is 17.5 Å². The fourth-order valence-electron chi connectivity index (χ4n) is 2.77. The number of hydrogen-bond donors (Lipinski definition) is 2. The van der Waals surface area contributed by atoms with Gasteiger partial charge in [-0.15, -0.1) is 0 Å². The molecule has 0 amide bonds. The Morgan fingerprint density at radius 2 is 2.05 bits per heavy atom. The predicted molar refractivity (Wildman–Crippen MR) is 82.6 cm³/mol. The van der Waals surface area contributed by atoms with Gasteiger partial charge in [0.15, 0.2) is 0 Å². The van der Waals surface area contributed by atoms with Gasteiger partial charge in [0.2, 0.25) is 0 Å². The van der Waals surface area contributed by atoms with Gasteiger partial charge >= 0.3 is 5.97 Å². The van der Waals surface area contributed by atoms with Crippen LogP contribution in [0.5, 0.6) is 0 Å². The van der Waals surface area contributed by atoms with E-state index in [1.54, 1.807) is 0 Å². The van der Waals surface area contributed by atoms with Crippen molar-refractivity contribution in [2.75, 3.05) is 6.54 Å². The smallest absolute Gasteiger partial charge is 0.307 e. The van der Waals surface area contributed by atoms with E-state index in [9.17, 15) is 4.79 Å². The fraction of sp³-hybridized carbons (Fsp3) is 0.467. The Bertz CT molecular complexity index is 504. The van der Waals surface area contributed by atoms with E-state index >= 15 is 0 Å². The monoisotopic (exact) mass is 292 g/mol. The van der Waals surface area contributed by atoms with E-state index in [0.717, 1.165) is 36.9 Å². The van der Waals surface area contributed by atoms with Crippen molar-refractivity contribution in [3.8, 4) is 0 Å². The van der Waals surface area contributed by atoms with Crippen LogP contribution in [-0.2, 0) is 17.8 Å². The number of carboxylic acid groups (broad SMARTS) is 1. The van der Waals surface area contributed by atoms with E-state index in [-0.39, 0.29) is 12.5 Å². The third-order valence-electron chi connectivity index (χ3n) is 3.78. The first kappa shape index (κ1) is 14.9. The van der Waals surface area contributed by atoms with Gasteiger partial charge < -0.3 is 10.8 Å². The number of carbonyl (C=O) groups is 1. The number of likely N-dealkylation sites (tertiary alicyclic amines) is 1. The number of thiocarbonyl (C=S) groups is 1. The third-order valence-corrected chi connectivity index (χ3v) is 4.05. The third kappa shape index (κ3) is 3.77. The number of rotatable bonds is 5. The van der Waals surface area contributed by atoms with E-state index in [4.69, 9.17) is 23.1 Å². The molecule has 0 saturated carbocycles. The summed E-state index contributed by atoms with van der Waals surface area (Å²) in [5.41, 5.74) is 7.75. The highest BCUT2D eigenvalue weighted by atomic mass is 32.1. The zero-order valence-corrected chi connectivity index (χ0v) is 12.2. The van der Waals surface area contributed by atoms with Crippen molar-refractivity contribution >= 4 is 23.2 Å². The summed E-state index contributed by atoms with van der Waals surface area (Å²) in [6.45, 7) is 1.68. The highest BCUT2D eigenvalue weighted by Crippen LogP contribution is 2.21. The Morgan fingerprint density at radius 1 is 1.35 bits per heavy atom. The molecule has 20 heavy (non-hydrogen) atoms. The molecule has 0 aliphatic carbocycles. The number of carboxylic acids is 1. The number of piperidine rings is 1. The molecule has 1 fully saturated rings. The van der Waals surface area contributed by atoms with Crippen LogP contribution in [0.25, 0.3) is 0 Å². The molecule has 0 bridgehead atoms. The molecule has 0 aromatic heterocycles. The van der Waals surface area contributed by atoms with Gasteiger partial charge in [0.25, 0.3) is 0 Å². The first-order valence-electron chi connectivity index (χ1n) is 6.90. The summed E-state index contributed by atoms with van der Waals surface area (Å²) >= 11 is 5.15. The molecule has 5 heteroatoms. The Kier molecular flexibility index (Phi) is 5.09. The van der Waals surface area contributed by atoms with E-state index in [2.05, 4.69) is 4.90 Å². The summed E-state index contributed by atoms with van der Waals surface area (Å²) in [5, 5.41) is 8.98. The van der Waals surface area contributed by atoms with Crippen LogP contribution in [0.4, 0.5) is 0 Å². The number of benzene rings is 1. The largest absolute Gasteiger partial charge is 0.481 e. The minimum absolute atomic E-state index is 0.0573. The van der Waals surface area contributed by atoms with Crippen LogP contribution in [0.15, 0.2) is 24.3 Å². The van der Waals surface area contributed by atoms with Crippen molar-refractivity contribution in [2.45, 2.75) is 38.3 Å². The highest BCUT2D eigenvalue weighted by Gasteiger charge is 2.25. The van der Waals surface area contributed by atoms with Crippen LogP contribution >= 0.6 is 12.2 Å². The van der Waals surface area contributed by atoms with Crippen molar-refractivity contribution in [1.82, 2.24) is 4.90 Å². The molecular formula is C15H20N2O2S. The molecule has 2 rings (SSSR count). The van der Waals surface area contributed by atoms with E-state index in [1.807, 2.05) is 24.3 Å². The van der Waals surface area contributed by atoms with Gasteiger partial charge in [-0.2, -0.15) is 0 Å². The minimum atomic E-state index is -0.804. The van der Waals surface area contributed by atoms with Crippen LogP contribution in [0.2, 0.25) is 0 Å². The summed E-state index contributed by atoms with van der Waals surface area (Å²) in [5.74, 6) is -0.804. The van der Waals surface area contributed by atoms with Gasteiger partial charge in [-0.1, -0.05) is 42.9 Å². The normalized spacial score (nSPS) is 19.7. The minimum Gasteiger partial charge on any atom is -0.481 e. The molecule has 1 aliphatic rings. The number of nitrogens with zero attached hydrogens (tertiary/aromatic N) is 1. The maximum absolute atomic E-state index is 10.9. The topological polar surface area (TPSA) is 66.6 Å². The van der Waals surface area contributed by atoms with Crippen molar-refractivity contribution in [2.24, 2.45) is 5.73 Å². The number of nitrogens with two attached hydrogens (primary N) is 1. The lowest BCUT2D eigenvalue weighted by Gasteiger charge is -2.35. The second-order valence-corrected chi connectivity index (χ2v) is 5.70. The standard InChI is InChI=1S/C15H20N2O2S/c16-15(20)13-7-3-4-8-17(13)10-12-6-2-1-5-11(12)9-14(18)19/h1-2,5-6,13H,3-4,7-10H2,(H2,16,20)(H,18,19). The van der Waals surface area contributed by atoms with Crippen LogP contribution < -0.4 is 5.73 Å². The first-order chi connectivity index (χ1) is 9.58. The summed E-state index contributed by atoms with van der Waals surface area (Å²) in [6, 6.07) is 7.83. The first-order valence-corrected chi connectivity index (χ1v) is 7.30. The number of hydrogen-bond acceptors (Lipinski definition) is 3. The lowest BCUT2D eigenvalue weighted by atomic mass is 9.99. The van der Waals surface area contributed by atoms with Gasteiger partial charge in [-0.25, -0.2) is 0 Å². The molecule has 1 aliphatic heterocycles. The summed E-state index contributed by atoms with van der Waals surface area (Å²) in [4.78, 5) is 13.7. The lowest BCUT2D eigenvalue weighted by molar-refractivity contribution is -0.136. The Labute approximate surface area is 124 Å².